The summed E-state index contributed by atoms with van der Waals surface area (Å²) >= 11 is 7.50. The van der Waals surface area contributed by atoms with Gasteiger partial charge in [0.25, 0.3) is 0 Å². The van der Waals surface area contributed by atoms with Gasteiger partial charge in [-0.15, -0.1) is 10.2 Å². The summed E-state index contributed by atoms with van der Waals surface area (Å²) in [7, 11) is 1.63. The summed E-state index contributed by atoms with van der Waals surface area (Å²) in [6.45, 7) is 0. The van der Waals surface area contributed by atoms with Crippen molar-refractivity contribution in [2.24, 2.45) is 0 Å². The molecule has 0 spiro atoms. The zero-order valence-electron chi connectivity index (χ0n) is 12.4. The van der Waals surface area contributed by atoms with E-state index in [0.717, 1.165) is 27.7 Å². The summed E-state index contributed by atoms with van der Waals surface area (Å²) in [5, 5.41) is 9.70. The molecule has 1 heterocycles. The fourth-order valence-corrected chi connectivity index (χ4v) is 3.10. The van der Waals surface area contributed by atoms with Gasteiger partial charge >= 0.3 is 0 Å². The normalized spacial score (nSPS) is 10.7. The number of benzene rings is 2. The third kappa shape index (κ3) is 3.60. The van der Waals surface area contributed by atoms with E-state index in [1.165, 1.54) is 16.4 Å². The van der Waals surface area contributed by atoms with Crippen LogP contribution < -0.4 is 10.6 Å². The SMILES string of the molecule is COc1ccc(-c2nnc(SCc3cccc(Cl)c3)n2N)cc1. The topological polar surface area (TPSA) is 66.0 Å². The summed E-state index contributed by atoms with van der Waals surface area (Å²) < 4.78 is 6.65. The molecular weight excluding hydrogens is 332 g/mol. The Morgan fingerprint density at radius 3 is 2.65 bits per heavy atom. The zero-order valence-corrected chi connectivity index (χ0v) is 14.0. The maximum atomic E-state index is 6.11. The maximum Gasteiger partial charge on any atom is 0.210 e. The van der Waals surface area contributed by atoms with Crippen LogP contribution in [0.2, 0.25) is 5.02 Å². The highest BCUT2D eigenvalue weighted by Crippen LogP contribution is 2.26. The molecular formula is C16H15ClN4OS. The van der Waals surface area contributed by atoms with E-state index >= 15 is 0 Å². The Balaban J connectivity index is 1.76. The molecule has 23 heavy (non-hydrogen) atoms. The second-order valence-corrected chi connectivity index (χ2v) is 6.20. The van der Waals surface area contributed by atoms with Crippen molar-refractivity contribution in [3.63, 3.8) is 0 Å². The van der Waals surface area contributed by atoms with Crippen molar-refractivity contribution in [2.45, 2.75) is 10.9 Å². The minimum Gasteiger partial charge on any atom is -0.497 e. The van der Waals surface area contributed by atoms with E-state index in [1.807, 2.05) is 48.5 Å². The summed E-state index contributed by atoms with van der Waals surface area (Å²) in [4.78, 5) is 0. The molecule has 0 aliphatic heterocycles. The summed E-state index contributed by atoms with van der Waals surface area (Å²) in [5.41, 5.74) is 1.99. The molecule has 0 saturated heterocycles. The molecule has 2 N–H and O–H groups in total. The molecule has 0 amide bonds. The molecule has 3 rings (SSSR count). The second-order valence-electron chi connectivity index (χ2n) is 4.82. The van der Waals surface area contributed by atoms with E-state index in [1.54, 1.807) is 7.11 Å². The first-order chi connectivity index (χ1) is 11.2. The molecule has 0 aliphatic carbocycles. The van der Waals surface area contributed by atoms with Gasteiger partial charge in [0, 0.05) is 16.3 Å². The Kier molecular flexibility index (Phi) is 4.73. The number of rotatable bonds is 5. The monoisotopic (exact) mass is 346 g/mol. The lowest BCUT2D eigenvalue weighted by molar-refractivity contribution is 0.415. The number of ether oxygens (including phenoxy) is 1. The Bertz CT molecular complexity index is 804. The van der Waals surface area contributed by atoms with Crippen molar-refractivity contribution in [2.75, 3.05) is 13.0 Å². The molecule has 0 fully saturated rings. The van der Waals surface area contributed by atoms with Gasteiger partial charge < -0.3 is 10.6 Å². The van der Waals surface area contributed by atoms with E-state index in [2.05, 4.69) is 10.2 Å². The van der Waals surface area contributed by atoms with Gasteiger partial charge in [0.05, 0.1) is 7.11 Å². The van der Waals surface area contributed by atoms with Gasteiger partial charge in [0.15, 0.2) is 5.82 Å². The molecule has 1 aromatic heterocycles. The molecule has 0 unspecified atom stereocenters. The van der Waals surface area contributed by atoms with Crippen LogP contribution in [0.15, 0.2) is 53.7 Å². The van der Waals surface area contributed by atoms with E-state index < -0.39 is 0 Å². The van der Waals surface area contributed by atoms with Crippen molar-refractivity contribution in [1.29, 1.82) is 0 Å². The number of methoxy groups -OCH3 is 1. The van der Waals surface area contributed by atoms with Crippen molar-refractivity contribution >= 4 is 23.4 Å². The van der Waals surface area contributed by atoms with Crippen LogP contribution in [0.25, 0.3) is 11.4 Å². The third-order valence-corrected chi connectivity index (χ3v) is 4.52. The van der Waals surface area contributed by atoms with Crippen LogP contribution in [0.3, 0.4) is 0 Å². The van der Waals surface area contributed by atoms with Crippen molar-refractivity contribution in [1.82, 2.24) is 14.9 Å². The van der Waals surface area contributed by atoms with Gasteiger partial charge in [-0.2, -0.15) is 0 Å². The first kappa shape index (κ1) is 15.7. The van der Waals surface area contributed by atoms with Gasteiger partial charge in [-0.3, -0.25) is 0 Å². The Morgan fingerprint density at radius 1 is 1.17 bits per heavy atom. The van der Waals surface area contributed by atoms with Gasteiger partial charge in [-0.25, -0.2) is 4.68 Å². The Labute approximate surface area is 143 Å². The van der Waals surface area contributed by atoms with E-state index in [0.29, 0.717) is 11.0 Å². The van der Waals surface area contributed by atoms with Crippen molar-refractivity contribution < 1.29 is 4.74 Å². The highest BCUT2D eigenvalue weighted by molar-refractivity contribution is 7.98. The molecule has 5 nitrogen and oxygen atoms in total. The van der Waals surface area contributed by atoms with Gasteiger partial charge in [-0.1, -0.05) is 35.5 Å². The fourth-order valence-electron chi connectivity index (χ4n) is 2.09. The Hall–Kier alpha value is -2.18. The van der Waals surface area contributed by atoms with E-state index in [4.69, 9.17) is 22.2 Å². The average molecular weight is 347 g/mol. The average Bonchev–Trinajstić information content (AvgIpc) is 2.94. The molecule has 118 valence electrons. The first-order valence-corrected chi connectivity index (χ1v) is 8.26. The summed E-state index contributed by atoms with van der Waals surface area (Å²) in [5.74, 6) is 8.23. The number of nitrogen functional groups attached to an aromatic ring is 1. The number of hydrogen-bond acceptors (Lipinski definition) is 5. The van der Waals surface area contributed by atoms with Gasteiger partial charge in [0.2, 0.25) is 5.16 Å². The van der Waals surface area contributed by atoms with E-state index in [-0.39, 0.29) is 0 Å². The maximum absolute atomic E-state index is 6.11. The standard InChI is InChI=1S/C16H15ClN4OS/c1-22-14-7-5-12(6-8-14)15-19-20-16(21(15)18)23-10-11-3-2-4-13(17)9-11/h2-9H,10,18H2,1H3. The van der Waals surface area contributed by atoms with Crippen LogP contribution in [0, 0.1) is 0 Å². The summed E-state index contributed by atoms with van der Waals surface area (Å²) in [6, 6.07) is 15.2. The minimum atomic E-state index is 0.612. The smallest absolute Gasteiger partial charge is 0.210 e. The van der Waals surface area contributed by atoms with Crippen LogP contribution in [-0.4, -0.2) is 22.0 Å². The minimum absolute atomic E-state index is 0.612. The lowest BCUT2D eigenvalue weighted by atomic mass is 10.2. The van der Waals surface area contributed by atoms with Crippen LogP contribution >= 0.6 is 23.4 Å². The molecule has 7 heteroatoms. The molecule has 0 radical (unpaired) electrons. The van der Waals surface area contributed by atoms with Gasteiger partial charge in [-0.05, 0) is 42.0 Å². The molecule has 0 atom stereocenters. The number of halogens is 1. The number of aromatic nitrogens is 3. The number of nitrogens with two attached hydrogens (primary N) is 1. The van der Waals surface area contributed by atoms with Crippen LogP contribution in [0.5, 0.6) is 5.75 Å². The molecule has 0 bridgehead atoms. The number of thioether (sulfide) groups is 1. The second kappa shape index (κ2) is 6.93. The summed E-state index contributed by atoms with van der Waals surface area (Å²) in [6.07, 6.45) is 0. The molecule has 0 saturated carbocycles. The van der Waals surface area contributed by atoms with Crippen molar-refractivity contribution in [3.8, 4) is 17.1 Å². The predicted molar refractivity (Wildman–Crippen MR) is 93.2 cm³/mol. The van der Waals surface area contributed by atoms with Gasteiger partial charge in [0.1, 0.15) is 5.75 Å². The number of nitrogens with zero attached hydrogens (tertiary/aromatic N) is 3. The third-order valence-electron chi connectivity index (χ3n) is 3.27. The fraction of sp³-hybridized carbons (Fsp3) is 0.125. The number of hydrogen-bond donors (Lipinski definition) is 1. The largest absolute Gasteiger partial charge is 0.497 e. The van der Waals surface area contributed by atoms with Crippen LogP contribution in [0.1, 0.15) is 5.56 Å². The first-order valence-electron chi connectivity index (χ1n) is 6.89. The lowest BCUT2D eigenvalue weighted by Crippen LogP contribution is -2.11. The van der Waals surface area contributed by atoms with E-state index in [9.17, 15) is 0 Å². The van der Waals surface area contributed by atoms with Crippen LogP contribution in [0.4, 0.5) is 0 Å². The quantitative estimate of drug-likeness (QED) is 0.564. The highest BCUT2D eigenvalue weighted by Gasteiger charge is 2.12. The molecule has 3 aromatic rings. The van der Waals surface area contributed by atoms with Crippen molar-refractivity contribution in [3.05, 3.63) is 59.1 Å². The predicted octanol–water partition coefficient (Wildman–Crippen LogP) is 3.61. The highest BCUT2D eigenvalue weighted by atomic mass is 35.5. The lowest BCUT2D eigenvalue weighted by Gasteiger charge is -2.05. The Morgan fingerprint density at radius 2 is 1.96 bits per heavy atom. The molecule has 0 aliphatic rings. The zero-order chi connectivity index (χ0) is 16.2. The molecule has 2 aromatic carbocycles. The van der Waals surface area contributed by atoms with Crippen LogP contribution in [-0.2, 0) is 5.75 Å².